The van der Waals surface area contributed by atoms with Gasteiger partial charge in [0.05, 0.1) is 0 Å². The second kappa shape index (κ2) is 5.69. The molecule has 1 rings (SSSR count). The highest BCUT2D eigenvalue weighted by Crippen LogP contribution is 2.19. The van der Waals surface area contributed by atoms with E-state index in [0.717, 1.165) is 13.0 Å². The number of hydrogen-bond acceptors (Lipinski definition) is 4. The van der Waals surface area contributed by atoms with Crippen LogP contribution in [-0.4, -0.2) is 49.6 Å². The van der Waals surface area contributed by atoms with Gasteiger partial charge in [0.25, 0.3) is 0 Å². The number of nitrogens with one attached hydrogen (secondary N) is 1. The van der Waals surface area contributed by atoms with Crippen molar-refractivity contribution >= 4 is 5.91 Å². The first-order chi connectivity index (χ1) is 7.60. The van der Waals surface area contributed by atoms with Crippen LogP contribution in [-0.2, 0) is 4.79 Å². The molecule has 90 valence electrons. The summed E-state index contributed by atoms with van der Waals surface area (Å²) >= 11 is 0. The first-order valence-electron chi connectivity index (χ1n) is 5.35. The Hall–Kier alpha value is -1.30. The Morgan fingerprint density at radius 2 is 2.50 bits per heavy atom. The number of amides is 1. The molecule has 16 heavy (non-hydrogen) atoms. The molecule has 1 fully saturated rings. The van der Waals surface area contributed by atoms with E-state index in [9.17, 15) is 4.79 Å². The summed E-state index contributed by atoms with van der Waals surface area (Å²) < 4.78 is 0. The lowest BCUT2D eigenvalue weighted by molar-refractivity contribution is -0.124. The molecular formula is C9H18N6O. The minimum absolute atomic E-state index is 0.305. The standard InChI is InChI=1S/C9H18N6O/c1-15-6-3-9(7-15,8(10)16)12-4-2-5-13-14-11/h12H,2-7H2,1H3,(H2,10,16). The van der Waals surface area contributed by atoms with Crippen LogP contribution in [0.1, 0.15) is 12.8 Å². The highest BCUT2D eigenvalue weighted by atomic mass is 16.1. The molecule has 1 unspecified atom stereocenters. The molecular weight excluding hydrogens is 208 g/mol. The number of nitrogens with two attached hydrogens (primary N) is 1. The van der Waals surface area contributed by atoms with Crippen LogP contribution in [0.5, 0.6) is 0 Å². The van der Waals surface area contributed by atoms with E-state index in [1.807, 2.05) is 7.05 Å². The number of rotatable bonds is 6. The molecule has 1 aliphatic heterocycles. The highest BCUT2D eigenvalue weighted by Gasteiger charge is 2.41. The molecule has 0 aromatic heterocycles. The van der Waals surface area contributed by atoms with Gasteiger partial charge < -0.3 is 16.0 Å². The molecule has 0 spiro atoms. The van der Waals surface area contributed by atoms with Crippen LogP contribution < -0.4 is 11.1 Å². The third-order valence-corrected chi connectivity index (χ3v) is 2.89. The van der Waals surface area contributed by atoms with Crippen LogP contribution in [0.15, 0.2) is 5.11 Å². The van der Waals surface area contributed by atoms with Gasteiger partial charge in [0.15, 0.2) is 0 Å². The van der Waals surface area contributed by atoms with Gasteiger partial charge in [0.2, 0.25) is 5.91 Å². The molecule has 1 saturated heterocycles. The minimum Gasteiger partial charge on any atom is -0.368 e. The van der Waals surface area contributed by atoms with E-state index in [4.69, 9.17) is 11.3 Å². The maximum absolute atomic E-state index is 11.4. The average molecular weight is 226 g/mol. The quantitative estimate of drug-likeness (QED) is 0.284. The van der Waals surface area contributed by atoms with E-state index in [1.54, 1.807) is 0 Å². The van der Waals surface area contributed by atoms with Crippen molar-refractivity contribution in [1.82, 2.24) is 10.2 Å². The lowest BCUT2D eigenvalue weighted by atomic mass is 9.97. The molecule has 0 saturated carbocycles. The molecule has 0 aliphatic carbocycles. The van der Waals surface area contributed by atoms with Gasteiger partial charge in [-0.15, -0.1) is 0 Å². The van der Waals surface area contributed by atoms with Crippen molar-refractivity contribution in [2.24, 2.45) is 10.8 Å². The fourth-order valence-corrected chi connectivity index (χ4v) is 1.96. The van der Waals surface area contributed by atoms with Crippen LogP contribution in [0.4, 0.5) is 0 Å². The summed E-state index contributed by atoms with van der Waals surface area (Å²) in [5.74, 6) is -0.305. The fourth-order valence-electron chi connectivity index (χ4n) is 1.96. The minimum atomic E-state index is -0.606. The number of likely N-dealkylation sites (tertiary alicyclic amines) is 1. The number of carbonyl (C=O) groups excluding carboxylic acids is 1. The summed E-state index contributed by atoms with van der Waals surface area (Å²) in [6.07, 6.45) is 1.45. The molecule has 0 aromatic carbocycles. The first-order valence-corrected chi connectivity index (χ1v) is 5.35. The Labute approximate surface area is 94.6 Å². The van der Waals surface area contributed by atoms with Gasteiger partial charge in [-0.2, -0.15) is 0 Å². The SMILES string of the molecule is CN1CCC(NCCCN=[N+]=[N-])(C(N)=O)C1. The Morgan fingerprint density at radius 1 is 1.75 bits per heavy atom. The van der Waals surface area contributed by atoms with E-state index in [2.05, 4.69) is 20.2 Å². The van der Waals surface area contributed by atoms with Crippen LogP contribution in [0.2, 0.25) is 0 Å². The number of likely N-dealkylation sites (N-methyl/N-ethyl adjacent to an activating group) is 1. The maximum Gasteiger partial charge on any atom is 0.239 e. The zero-order valence-electron chi connectivity index (χ0n) is 9.52. The normalized spacial score (nSPS) is 25.3. The van der Waals surface area contributed by atoms with Crippen molar-refractivity contribution in [3.05, 3.63) is 10.4 Å². The fraction of sp³-hybridized carbons (Fsp3) is 0.889. The molecule has 7 nitrogen and oxygen atoms in total. The van der Waals surface area contributed by atoms with Gasteiger partial charge in [-0.05, 0) is 32.0 Å². The predicted molar refractivity (Wildman–Crippen MR) is 60.7 cm³/mol. The lowest BCUT2D eigenvalue weighted by Gasteiger charge is -2.26. The van der Waals surface area contributed by atoms with Crippen molar-refractivity contribution in [2.75, 3.05) is 33.2 Å². The smallest absolute Gasteiger partial charge is 0.239 e. The summed E-state index contributed by atoms with van der Waals surface area (Å²) in [6.45, 7) is 2.58. The third-order valence-electron chi connectivity index (χ3n) is 2.89. The van der Waals surface area contributed by atoms with Crippen LogP contribution >= 0.6 is 0 Å². The number of carbonyl (C=O) groups is 1. The Morgan fingerprint density at radius 3 is 3.00 bits per heavy atom. The molecule has 1 atom stereocenters. The van der Waals surface area contributed by atoms with Gasteiger partial charge in [-0.3, -0.25) is 4.79 Å². The molecule has 3 N–H and O–H groups in total. The van der Waals surface area contributed by atoms with Gasteiger partial charge >= 0.3 is 0 Å². The first kappa shape index (κ1) is 12.8. The third kappa shape index (κ3) is 3.10. The zero-order chi connectivity index (χ0) is 12.0. The molecule has 0 radical (unpaired) electrons. The Kier molecular flexibility index (Phi) is 4.54. The summed E-state index contributed by atoms with van der Waals surface area (Å²) in [6, 6.07) is 0. The van der Waals surface area contributed by atoms with Gasteiger partial charge in [0.1, 0.15) is 5.54 Å². The van der Waals surface area contributed by atoms with Crippen molar-refractivity contribution in [3.8, 4) is 0 Å². The van der Waals surface area contributed by atoms with Crippen molar-refractivity contribution in [2.45, 2.75) is 18.4 Å². The summed E-state index contributed by atoms with van der Waals surface area (Å²) in [5.41, 5.74) is 12.9. The van der Waals surface area contributed by atoms with Crippen molar-refractivity contribution in [1.29, 1.82) is 0 Å². The molecule has 7 heteroatoms. The number of nitrogens with zero attached hydrogens (tertiary/aromatic N) is 4. The molecule has 1 aliphatic rings. The molecule has 1 heterocycles. The lowest BCUT2D eigenvalue weighted by Crippen LogP contribution is -2.57. The maximum atomic E-state index is 11.4. The van der Waals surface area contributed by atoms with E-state index >= 15 is 0 Å². The van der Waals surface area contributed by atoms with Gasteiger partial charge in [0, 0.05) is 24.5 Å². The van der Waals surface area contributed by atoms with E-state index in [-0.39, 0.29) is 5.91 Å². The van der Waals surface area contributed by atoms with Crippen LogP contribution in [0.25, 0.3) is 10.4 Å². The summed E-state index contributed by atoms with van der Waals surface area (Å²) in [7, 11) is 1.96. The summed E-state index contributed by atoms with van der Waals surface area (Å²) in [4.78, 5) is 16.2. The molecule has 0 bridgehead atoms. The zero-order valence-corrected chi connectivity index (χ0v) is 9.52. The van der Waals surface area contributed by atoms with Gasteiger partial charge in [-0.1, -0.05) is 5.11 Å². The highest BCUT2D eigenvalue weighted by molar-refractivity contribution is 5.85. The topological polar surface area (TPSA) is 107 Å². The molecule has 0 aromatic rings. The van der Waals surface area contributed by atoms with Crippen molar-refractivity contribution in [3.63, 3.8) is 0 Å². The second-order valence-electron chi connectivity index (χ2n) is 4.17. The Bertz CT molecular complexity index is 300. The number of primary amides is 1. The van der Waals surface area contributed by atoms with Crippen molar-refractivity contribution < 1.29 is 4.79 Å². The van der Waals surface area contributed by atoms with E-state index in [1.165, 1.54) is 0 Å². The van der Waals surface area contributed by atoms with Crippen LogP contribution in [0.3, 0.4) is 0 Å². The average Bonchev–Trinajstić information content (AvgIpc) is 2.61. The largest absolute Gasteiger partial charge is 0.368 e. The van der Waals surface area contributed by atoms with Gasteiger partial charge in [-0.25, -0.2) is 0 Å². The number of hydrogen-bond donors (Lipinski definition) is 2. The monoisotopic (exact) mass is 226 g/mol. The second-order valence-corrected chi connectivity index (χ2v) is 4.17. The molecule has 1 amide bonds. The van der Waals surface area contributed by atoms with E-state index < -0.39 is 5.54 Å². The summed E-state index contributed by atoms with van der Waals surface area (Å²) in [5, 5.41) is 6.62. The predicted octanol–water partition coefficient (Wildman–Crippen LogP) is -0.164. The van der Waals surface area contributed by atoms with Crippen LogP contribution in [0, 0.1) is 0 Å². The number of azide groups is 1. The van der Waals surface area contributed by atoms with E-state index in [0.29, 0.717) is 26.1 Å². The Balaban J connectivity index is 2.41.